The van der Waals surface area contributed by atoms with E-state index in [1.807, 2.05) is 0 Å². The summed E-state index contributed by atoms with van der Waals surface area (Å²) in [6.07, 6.45) is 1.36. The summed E-state index contributed by atoms with van der Waals surface area (Å²) in [5, 5.41) is 4.83. The van der Waals surface area contributed by atoms with Gasteiger partial charge in [0.15, 0.2) is 0 Å². The molecular formula is C20H14Cl2N2O4. The summed E-state index contributed by atoms with van der Waals surface area (Å²) in [5.41, 5.74) is 3.71. The number of ether oxygens (including phenoxy) is 1. The monoisotopic (exact) mass is 416 g/mol. The number of carbonyl (C=O) groups is 2. The van der Waals surface area contributed by atoms with Crippen molar-refractivity contribution >= 4 is 41.3 Å². The third-order valence-electron chi connectivity index (χ3n) is 3.74. The third kappa shape index (κ3) is 4.60. The van der Waals surface area contributed by atoms with Gasteiger partial charge in [-0.05, 0) is 54.6 Å². The first-order valence-electron chi connectivity index (χ1n) is 8.05. The number of hydrazone groups is 1. The largest absolute Gasteiger partial charge is 0.465 e. The number of esters is 1. The highest BCUT2D eigenvalue weighted by atomic mass is 35.5. The maximum atomic E-state index is 12.0. The molecule has 3 aromatic rings. The molecule has 0 fully saturated rings. The molecule has 0 saturated heterocycles. The van der Waals surface area contributed by atoms with Gasteiger partial charge >= 0.3 is 5.97 Å². The number of methoxy groups -OCH3 is 1. The van der Waals surface area contributed by atoms with Crippen molar-refractivity contribution in [3.05, 3.63) is 81.5 Å². The van der Waals surface area contributed by atoms with Crippen LogP contribution in [0.1, 0.15) is 26.5 Å². The van der Waals surface area contributed by atoms with Crippen LogP contribution in [-0.4, -0.2) is 25.2 Å². The van der Waals surface area contributed by atoms with Crippen molar-refractivity contribution < 1.29 is 18.7 Å². The molecule has 2 aromatic carbocycles. The Labute approximate surface area is 170 Å². The van der Waals surface area contributed by atoms with Crippen LogP contribution < -0.4 is 5.43 Å². The predicted molar refractivity (Wildman–Crippen MR) is 107 cm³/mol. The summed E-state index contributed by atoms with van der Waals surface area (Å²) in [4.78, 5) is 23.7. The highest BCUT2D eigenvalue weighted by Crippen LogP contribution is 2.30. The molecule has 0 aliphatic heterocycles. The zero-order valence-electron chi connectivity index (χ0n) is 14.6. The highest BCUT2D eigenvalue weighted by molar-refractivity contribution is 6.33. The van der Waals surface area contributed by atoms with E-state index in [9.17, 15) is 9.59 Å². The molecule has 3 rings (SSSR count). The van der Waals surface area contributed by atoms with Crippen LogP contribution in [0.15, 0.2) is 64.1 Å². The molecule has 0 bridgehead atoms. The van der Waals surface area contributed by atoms with E-state index in [4.69, 9.17) is 32.4 Å². The van der Waals surface area contributed by atoms with Gasteiger partial charge in [-0.15, -0.1) is 0 Å². The summed E-state index contributed by atoms with van der Waals surface area (Å²) >= 11 is 12.0. The molecule has 28 heavy (non-hydrogen) atoms. The Hall–Kier alpha value is -3.09. The SMILES string of the molecule is COC(=O)c1ccc(Cl)c(-c2ccc(/C=N\NC(=O)c3ccc(Cl)cc3)o2)c1. The molecule has 0 radical (unpaired) electrons. The fraction of sp³-hybridized carbons (Fsp3) is 0.0500. The standard InChI is InChI=1S/C20H14Cl2N2O4/c1-27-20(26)13-4-8-17(22)16(10-13)18-9-7-15(28-18)11-23-24-19(25)12-2-5-14(21)6-3-12/h2-11H,1H3,(H,24,25)/b23-11-. The summed E-state index contributed by atoms with van der Waals surface area (Å²) in [7, 11) is 1.30. The smallest absolute Gasteiger partial charge is 0.337 e. The molecule has 1 aromatic heterocycles. The van der Waals surface area contributed by atoms with Gasteiger partial charge in [-0.2, -0.15) is 5.10 Å². The molecule has 142 valence electrons. The minimum Gasteiger partial charge on any atom is -0.465 e. The second-order valence-corrected chi connectivity index (χ2v) is 6.44. The molecule has 0 aliphatic carbocycles. The average molecular weight is 417 g/mol. The fourth-order valence-electron chi connectivity index (χ4n) is 2.35. The first kappa shape index (κ1) is 19.7. The van der Waals surface area contributed by atoms with Crippen molar-refractivity contribution in [3.63, 3.8) is 0 Å². The predicted octanol–water partition coefficient (Wildman–Crippen LogP) is 4.80. The summed E-state index contributed by atoms with van der Waals surface area (Å²) in [5.74, 6) is -0.0168. The topological polar surface area (TPSA) is 80.9 Å². The first-order valence-corrected chi connectivity index (χ1v) is 8.80. The van der Waals surface area contributed by atoms with Gasteiger partial charge in [-0.1, -0.05) is 23.2 Å². The van der Waals surface area contributed by atoms with Crippen LogP contribution in [-0.2, 0) is 4.74 Å². The lowest BCUT2D eigenvalue weighted by atomic mass is 10.1. The van der Waals surface area contributed by atoms with E-state index in [1.165, 1.54) is 13.3 Å². The normalized spacial score (nSPS) is 10.8. The molecule has 0 spiro atoms. The number of carbonyl (C=O) groups excluding carboxylic acids is 2. The lowest BCUT2D eigenvalue weighted by Gasteiger charge is -2.04. The molecule has 0 atom stereocenters. The molecular weight excluding hydrogens is 403 g/mol. The number of rotatable bonds is 5. The van der Waals surface area contributed by atoms with Crippen LogP contribution in [0, 0.1) is 0 Å². The van der Waals surface area contributed by atoms with Crippen LogP contribution in [0.25, 0.3) is 11.3 Å². The maximum Gasteiger partial charge on any atom is 0.337 e. The summed E-state index contributed by atoms with van der Waals surface area (Å²) in [6, 6.07) is 14.5. The van der Waals surface area contributed by atoms with Gasteiger partial charge in [-0.3, -0.25) is 4.79 Å². The Morgan fingerprint density at radius 3 is 2.46 bits per heavy atom. The molecule has 0 saturated carbocycles. The van der Waals surface area contributed by atoms with E-state index in [2.05, 4.69) is 10.5 Å². The number of furan rings is 1. The number of nitrogens with one attached hydrogen (secondary N) is 1. The van der Waals surface area contributed by atoms with E-state index >= 15 is 0 Å². The van der Waals surface area contributed by atoms with Gasteiger partial charge in [0, 0.05) is 16.1 Å². The highest BCUT2D eigenvalue weighted by Gasteiger charge is 2.13. The number of hydrogen-bond acceptors (Lipinski definition) is 5. The molecule has 0 unspecified atom stereocenters. The van der Waals surface area contributed by atoms with E-state index in [1.54, 1.807) is 54.6 Å². The molecule has 6 nitrogen and oxygen atoms in total. The summed E-state index contributed by atoms with van der Waals surface area (Å²) in [6.45, 7) is 0. The van der Waals surface area contributed by atoms with Gasteiger partial charge in [-0.25, -0.2) is 10.2 Å². The molecule has 1 amide bonds. The van der Waals surface area contributed by atoms with Crippen molar-refractivity contribution in [3.8, 4) is 11.3 Å². The van der Waals surface area contributed by atoms with Crippen LogP contribution in [0.3, 0.4) is 0 Å². The number of benzene rings is 2. The Kier molecular flexibility index (Phi) is 6.13. The Morgan fingerprint density at radius 2 is 1.75 bits per heavy atom. The maximum absolute atomic E-state index is 12.0. The van der Waals surface area contributed by atoms with Gasteiger partial charge in [0.2, 0.25) is 0 Å². The molecule has 8 heteroatoms. The van der Waals surface area contributed by atoms with Crippen molar-refractivity contribution in [1.82, 2.24) is 5.43 Å². The molecule has 1 N–H and O–H groups in total. The van der Waals surface area contributed by atoms with Crippen LogP contribution >= 0.6 is 23.2 Å². The van der Waals surface area contributed by atoms with Gasteiger partial charge < -0.3 is 9.15 Å². The number of nitrogens with zero attached hydrogens (tertiary/aromatic N) is 1. The van der Waals surface area contributed by atoms with Crippen LogP contribution in [0.2, 0.25) is 10.0 Å². The van der Waals surface area contributed by atoms with Gasteiger partial charge in [0.05, 0.1) is 23.9 Å². The minimum absolute atomic E-state index is 0.351. The number of halogens is 2. The van der Waals surface area contributed by atoms with Crippen LogP contribution in [0.5, 0.6) is 0 Å². The second kappa shape index (κ2) is 8.73. The molecule has 0 aliphatic rings. The Balaban J connectivity index is 1.72. The lowest BCUT2D eigenvalue weighted by molar-refractivity contribution is 0.0600. The van der Waals surface area contributed by atoms with Crippen molar-refractivity contribution in [1.29, 1.82) is 0 Å². The van der Waals surface area contributed by atoms with Crippen LogP contribution in [0.4, 0.5) is 0 Å². The average Bonchev–Trinajstić information content (AvgIpc) is 3.16. The van der Waals surface area contributed by atoms with Crippen molar-refractivity contribution in [2.75, 3.05) is 7.11 Å². The number of hydrogen-bond donors (Lipinski definition) is 1. The summed E-state index contributed by atoms with van der Waals surface area (Å²) < 4.78 is 10.4. The first-order chi connectivity index (χ1) is 13.5. The quantitative estimate of drug-likeness (QED) is 0.367. The lowest BCUT2D eigenvalue weighted by Crippen LogP contribution is -2.17. The number of amides is 1. The van der Waals surface area contributed by atoms with E-state index in [-0.39, 0.29) is 5.91 Å². The van der Waals surface area contributed by atoms with E-state index in [0.717, 1.165) is 0 Å². The van der Waals surface area contributed by atoms with Gasteiger partial charge in [0.1, 0.15) is 11.5 Å². The van der Waals surface area contributed by atoms with E-state index < -0.39 is 5.97 Å². The fourth-order valence-corrected chi connectivity index (χ4v) is 2.68. The van der Waals surface area contributed by atoms with E-state index in [0.29, 0.717) is 38.3 Å². The van der Waals surface area contributed by atoms with Crippen molar-refractivity contribution in [2.45, 2.75) is 0 Å². The third-order valence-corrected chi connectivity index (χ3v) is 4.33. The second-order valence-electron chi connectivity index (χ2n) is 5.59. The minimum atomic E-state index is -0.476. The van der Waals surface area contributed by atoms with Crippen molar-refractivity contribution in [2.24, 2.45) is 5.10 Å². The zero-order chi connectivity index (χ0) is 20.1. The van der Waals surface area contributed by atoms with Gasteiger partial charge in [0.25, 0.3) is 5.91 Å². The Bertz CT molecular complexity index is 1040. The molecule has 1 heterocycles. The zero-order valence-corrected chi connectivity index (χ0v) is 16.1. The Morgan fingerprint density at radius 1 is 1.04 bits per heavy atom.